The van der Waals surface area contributed by atoms with Crippen LogP contribution in [0.1, 0.15) is 22.8 Å². The van der Waals surface area contributed by atoms with Crippen molar-refractivity contribution < 1.29 is 13.9 Å². The zero-order valence-electron chi connectivity index (χ0n) is 19.0. The Kier molecular flexibility index (Phi) is 6.08. The minimum atomic E-state index is -0.513. The van der Waals surface area contributed by atoms with Crippen molar-refractivity contribution in [2.75, 3.05) is 7.11 Å². The second-order valence-electron chi connectivity index (χ2n) is 7.97. The number of ether oxygens (including phenoxy) is 1. The second-order valence-corrected chi connectivity index (χ2v) is 9.28. The molecular formula is C26H21FN4O3S. The lowest BCUT2D eigenvalue weighted by molar-refractivity contribution is 0.0994. The zero-order valence-corrected chi connectivity index (χ0v) is 19.8. The third-order valence-corrected chi connectivity index (χ3v) is 6.82. The van der Waals surface area contributed by atoms with E-state index in [1.165, 1.54) is 36.0 Å². The largest absolute Gasteiger partial charge is 0.496 e. The number of Topliss-reactive ketones (excluding diaryl/α,β-unsaturated/α-hetero) is 1. The van der Waals surface area contributed by atoms with Crippen LogP contribution in [0.15, 0.2) is 82.7 Å². The molecule has 0 bridgehead atoms. The fourth-order valence-electron chi connectivity index (χ4n) is 4.02. The van der Waals surface area contributed by atoms with E-state index in [1.807, 2.05) is 36.4 Å². The van der Waals surface area contributed by atoms with Gasteiger partial charge in [-0.2, -0.15) is 0 Å². The lowest BCUT2D eigenvalue weighted by Gasteiger charge is -2.14. The van der Waals surface area contributed by atoms with Gasteiger partial charge in [-0.3, -0.25) is 18.6 Å². The number of benzene rings is 3. The van der Waals surface area contributed by atoms with Crippen LogP contribution in [0.25, 0.3) is 16.7 Å². The topological polar surface area (TPSA) is 78.5 Å². The number of methoxy groups -OCH3 is 1. The molecule has 5 rings (SSSR count). The molecule has 7 nitrogen and oxygen atoms in total. The molecule has 2 aromatic heterocycles. The first kappa shape index (κ1) is 22.8. The van der Waals surface area contributed by atoms with Crippen molar-refractivity contribution in [1.82, 2.24) is 19.2 Å². The minimum absolute atomic E-state index is 0.154. The van der Waals surface area contributed by atoms with Gasteiger partial charge in [-0.05, 0) is 49.4 Å². The van der Waals surface area contributed by atoms with Crippen molar-refractivity contribution in [3.63, 3.8) is 0 Å². The van der Waals surface area contributed by atoms with Gasteiger partial charge in [-0.15, -0.1) is 10.2 Å². The molecular weight excluding hydrogens is 467 g/mol. The number of carbonyl (C=O) groups excluding carboxylic acids is 1. The Labute approximate surface area is 204 Å². The standard InChI is InChI=1S/C26H21FN4O3S/c1-16(23(32)17-11-13-19(27)14-12-17)35-26-29-28-25-30(15-18-7-3-6-10-22(18)34-2)24(33)20-8-4-5-9-21(20)31(25)26/h3-14,16H,15H2,1-2H3. The van der Waals surface area contributed by atoms with Gasteiger partial charge < -0.3 is 4.74 Å². The first-order valence-electron chi connectivity index (χ1n) is 10.9. The quantitative estimate of drug-likeness (QED) is 0.246. The van der Waals surface area contributed by atoms with Crippen LogP contribution in [0, 0.1) is 5.82 Å². The van der Waals surface area contributed by atoms with Crippen molar-refractivity contribution in [3.8, 4) is 5.75 Å². The normalized spacial score (nSPS) is 12.2. The number of halogens is 1. The van der Waals surface area contributed by atoms with Crippen molar-refractivity contribution in [1.29, 1.82) is 0 Å². The molecule has 9 heteroatoms. The smallest absolute Gasteiger partial charge is 0.263 e. The number of aromatic nitrogens is 4. The third-order valence-electron chi connectivity index (χ3n) is 5.78. The monoisotopic (exact) mass is 488 g/mol. The highest BCUT2D eigenvalue weighted by Gasteiger charge is 2.23. The van der Waals surface area contributed by atoms with Crippen molar-refractivity contribution in [3.05, 3.63) is 100 Å². The van der Waals surface area contributed by atoms with Crippen molar-refractivity contribution >= 4 is 34.2 Å². The number of fused-ring (bicyclic) bond motifs is 3. The van der Waals surface area contributed by atoms with Crippen LogP contribution in [0.4, 0.5) is 4.39 Å². The summed E-state index contributed by atoms with van der Waals surface area (Å²) in [6.07, 6.45) is 0. The summed E-state index contributed by atoms with van der Waals surface area (Å²) in [6, 6.07) is 20.2. The van der Waals surface area contributed by atoms with Gasteiger partial charge in [-0.1, -0.05) is 42.1 Å². The molecule has 176 valence electrons. The molecule has 0 aliphatic rings. The molecule has 0 aliphatic heterocycles. The number of rotatable bonds is 7. The van der Waals surface area contributed by atoms with Crippen LogP contribution in [0.3, 0.4) is 0 Å². The molecule has 0 saturated heterocycles. The second kappa shape index (κ2) is 9.34. The Morgan fingerprint density at radius 3 is 2.51 bits per heavy atom. The molecule has 0 spiro atoms. The lowest BCUT2D eigenvalue weighted by Crippen LogP contribution is -2.24. The van der Waals surface area contributed by atoms with E-state index in [0.29, 0.717) is 33.1 Å². The van der Waals surface area contributed by atoms with Crippen LogP contribution in [-0.4, -0.2) is 37.3 Å². The highest BCUT2D eigenvalue weighted by molar-refractivity contribution is 8.00. The molecule has 0 fully saturated rings. The molecule has 0 radical (unpaired) electrons. The number of carbonyl (C=O) groups is 1. The summed E-state index contributed by atoms with van der Waals surface area (Å²) in [4.78, 5) is 26.4. The van der Waals surface area contributed by atoms with Crippen molar-refractivity contribution in [2.24, 2.45) is 0 Å². The number of nitrogens with zero attached hydrogens (tertiary/aromatic N) is 4. The number of hydrogen-bond acceptors (Lipinski definition) is 6. The first-order chi connectivity index (χ1) is 17.0. The van der Waals surface area contributed by atoms with Gasteiger partial charge in [0.1, 0.15) is 11.6 Å². The molecule has 1 atom stereocenters. The molecule has 0 saturated carbocycles. The maximum Gasteiger partial charge on any atom is 0.263 e. The Hall–Kier alpha value is -3.98. The van der Waals surface area contributed by atoms with Crippen LogP contribution in [0.5, 0.6) is 5.75 Å². The van der Waals surface area contributed by atoms with Gasteiger partial charge in [0.15, 0.2) is 10.9 Å². The van der Waals surface area contributed by atoms with Crippen LogP contribution in [0.2, 0.25) is 0 Å². The maximum atomic E-state index is 13.4. The summed E-state index contributed by atoms with van der Waals surface area (Å²) in [5, 5.41) is 9.14. The van der Waals surface area contributed by atoms with E-state index in [2.05, 4.69) is 10.2 Å². The highest BCUT2D eigenvalue weighted by Crippen LogP contribution is 2.28. The first-order valence-corrected chi connectivity index (χ1v) is 11.8. The Bertz CT molecular complexity index is 1610. The summed E-state index contributed by atoms with van der Waals surface area (Å²) >= 11 is 1.24. The number of ketones is 1. The van der Waals surface area contributed by atoms with E-state index in [1.54, 1.807) is 35.1 Å². The summed E-state index contributed by atoms with van der Waals surface area (Å²) in [7, 11) is 1.59. The van der Waals surface area contributed by atoms with Crippen LogP contribution >= 0.6 is 11.8 Å². The predicted octanol–water partition coefficient (Wildman–Crippen LogP) is 4.60. The number of para-hydroxylation sites is 2. The molecule has 1 unspecified atom stereocenters. The average Bonchev–Trinajstić information content (AvgIpc) is 3.30. The highest BCUT2D eigenvalue weighted by atomic mass is 32.2. The van der Waals surface area contributed by atoms with Gasteiger partial charge in [0, 0.05) is 11.1 Å². The van der Waals surface area contributed by atoms with E-state index >= 15 is 0 Å². The summed E-state index contributed by atoms with van der Waals surface area (Å²) in [6.45, 7) is 2.01. The zero-order chi connectivity index (χ0) is 24.5. The van der Waals surface area contributed by atoms with Gasteiger partial charge >= 0.3 is 0 Å². The van der Waals surface area contributed by atoms with Crippen LogP contribution < -0.4 is 10.3 Å². The molecule has 3 aromatic carbocycles. The minimum Gasteiger partial charge on any atom is -0.496 e. The van der Waals surface area contributed by atoms with E-state index < -0.39 is 11.1 Å². The number of hydrogen-bond donors (Lipinski definition) is 0. The van der Waals surface area contributed by atoms with E-state index in [0.717, 1.165) is 5.56 Å². The molecule has 5 aromatic rings. The molecule has 0 amide bonds. The Morgan fingerprint density at radius 2 is 1.74 bits per heavy atom. The number of thioether (sulfide) groups is 1. The fourth-order valence-corrected chi connectivity index (χ4v) is 4.95. The SMILES string of the molecule is COc1ccccc1Cn1c(=O)c2ccccc2n2c(SC(C)C(=O)c3ccc(F)cc3)nnc12. The van der Waals surface area contributed by atoms with E-state index in [-0.39, 0.29) is 17.9 Å². The van der Waals surface area contributed by atoms with Crippen LogP contribution in [-0.2, 0) is 6.54 Å². The summed E-state index contributed by atoms with van der Waals surface area (Å²) < 4.78 is 22.1. The van der Waals surface area contributed by atoms with E-state index in [9.17, 15) is 14.0 Å². The molecule has 0 N–H and O–H groups in total. The maximum absolute atomic E-state index is 13.4. The molecule has 0 aliphatic carbocycles. The van der Waals surface area contributed by atoms with E-state index in [4.69, 9.17) is 4.74 Å². The van der Waals surface area contributed by atoms with Gasteiger partial charge in [0.2, 0.25) is 5.78 Å². The lowest BCUT2D eigenvalue weighted by atomic mass is 10.1. The van der Waals surface area contributed by atoms with Gasteiger partial charge in [-0.25, -0.2) is 4.39 Å². The Balaban J connectivity index is 1.61. The van der Waals surface area contributed by atoms with Crippen molar-refractivity contribution in [2.45, 2.75) is 23.9 Å². The average molecular weight is 489 g/mol. The summed E-state index contributed by atoms with van der Waals surface area (Å²) in [5.41, 5.74) is 1.70. The fraction of sp³-hybridized carbons (Fsp3) is 0.154. The molecule has 35 heavy (non-hydrogen) atoms. The molecule has 2 heterocycles. The third kappa shape index (κ3) is 4.19. The Morgan fingerprint density at radius 1 is 1.03 bits per heavy atom. The predicted molar refractivity (Wildman–Crippen MR) is 133 cm³/mol. The summed E-state index contributed by atoms with van der Waals surface area (Å²) in [5.74, 6) is 0.477. The van der Waals surface area contributed by atoms with Gasteiger partial charge in [0.05, 0.1) is 29.8 Å². The van der Waals surface area contributed by atoms with Gasteiger partial charge in [0.25, 0.3) is 5.56 Å².